The van der Waals surface area contributed by atoms with Gasteiger partial charge in [-0.25, -0.2) is 0 Å². The quantitative estimate of drug-likeness (QED) is 0.794. The summed E-state index contributed by atoms with van der Waals surface area (Å²) in [6, 6.07) is 5.98. The molecule has 0 heterocycles. The Kier molecular flexibility index (Phi) is 6.30. The van der Waals surface area contributed by atoms with Crippen molar-refractivity contribution >= 4 is 23.2 Å². The number of hydrogen-bond donors (Lipinski definition) is 2. The zero-order valence-corrected chi connectivity index (χ0v) is 13.4. The first-order chi connectivity index (χ1) is 9.34. The molecule has 0 aliphatic rings. The van der Waals surface area contributed by atoms with Crippen LogP contribution in [0.2, 0.25) is 5.02 Å². The van der Waals surface area contributed by atoms with Gasteiger partial charge in [-0.1, -0.05) is 17.7 Å². The number of rotatable bonds is 6. The SMILES string of the molecule is CC(C)N(CCNC(=O)c1cccc(N)c1Cl)C(C)C. The first-order valence-corrected chi connectivity index (χ1v) is 7.30. The van der Waals surface area contributed by atoms with E-state index in [2.05, 4.69) is 37.9 Å². The van der Waals surface area contributed by atoms with Gasteiger partial charge in [0, 0.05) is 25.2 Å². The summed E-state index contributed by atoms with van der Waals surface area (Å²) in [5.41, 5.74) is 6.54. The van der Waals surface area contributed by atoms with E-state index >= 15 is 0 Å². The largest absolute Gasteiger partial charge is 0.398 e. The molecule has 1 aromatic rings. The van der Waals surface area contributed by atoms with Crippen LogP contribution in [0.4, 0.5) is 5.69 Å². The van der Waals surface area contributed by atoms with Crippen LogP contribution in [-0.2, 0) is 0 Å². The second-order valence-corrected chi connectivity index (χ2v) is 5.77. The van der Waals surface area contributed by atoms with Crippen molar-refractivity contribution in [2.24, 2.45) is 0 Å². The van der Waals surface area contributed by atoms with E-state index in [9.17, 15) is 4.79 Å². The van der Waals surface area contributed by atoms with Gasteiger partial charge in [-0.2, -0.15) is 0 Å². The topological polar surface area (TPSA) is 58.4 Å². The predicted molar refractivity (Wildman–Crippen MR) is 85.2 cm³/mol. The molecule has 0 atom stereocenters. The third kappa shape index (κ3) is 4.39. The molecule has 3 N–H and O–H groups in total. The Morgan fingerprint density at radius 2 is 1.90 bits per heavy atom. The lowest BCUT2D eigenvalue weighted by molar-refractivity contribution is 0.0939. The Morgan fingerprint density at radius 3 is 2.45 bits per heavy atom. The van der Waals surface area contributed by atoms with Crippen LogP contribution in [0, 0.1) is 0 Å². The van der Waals surface area contributed by atoms with Gasteiger partial charge >= 0.3 is 0 Å². The highest BCUT2D eigenvalue weighted by Gasteiger charge is 2.15. The van der Waals surface area contributed by atoms with Gasteiger partial charge in [0.1, 0.15) is 0 Å². The number of carbonyl (C=O) groups excluding carboxylic acids is 1. The average molecular weight is 298 g/mol. The summed E-state index contributed by atoms with van der Waals surface area (Å²) in [5, 5.41) is 3.20. The average Bonchev–Trinajstić information content (AvgIpc) is 2.36. The van der Waals surface area contributed by atoms with Gasteiger partial charge in [0.15, 0.2) is 0 Å². The maximum atomic E-state index is 12.1. The minimum absolute atomic E-state index is 0.185. The van der Waals surface area contributed by atoms with Crippen LogP contribution in [0.1, 0.15) is 38.1 Å². The van der Waals surface area contributed by atoms with Gasteiger partial charge in [-0.05, 0) is 39.8 Å². The van der Waals surface area contributed by atoms with E-state index in [0.29, 0.717) is 34.9 Å². The minimum atomic E-state index is -0.185. The first-order valence-electron chi connectivity index (χ1n) is 6.92. The highest BCUT2D eigenvalue weighted by atomic mass is 35.5. The summed E-state index contributed by atoms with van der Waals surface area (Å²) in [5.74, 6) is -0.185. The number of anilines is 1. The molecule has 0 unspecified atom stereocenters. The van der Waals surface area contributed by atoms with Crippen molar-refractivity contribution in [1.82, 2.24) is 10.2 Å². The number of nitrogens with zero attached hydrogens (tertiary/aromatic N) is 1. The van der Waals surface area contributed by atoms with E-state index in [-0.39, 0.29) is 5.91 Å². The van der Waals surface area contributed by atoms with Crippen molar-refractivity contribution in [1.29, 1.82) is 0 Å². The maximum Gasteiger partial charge on any atom is 0.252 e. The third-order valence-electron chi connectivity index (χ3n) is 3.26. The van der Waals surface area contributed by atoms with Gasteiger partial charge in [-0.15, -0.1) is 0 Å². The van der Waals surface area contributed by atoms with Crippen molar-refractivity contribution in [2.75, 3.05) is 18.8 Å². The van der Waals surface area contributed by atoms with Gasteiger partial charge in [0.2, 0.25) is 0 Å². The van der Waals surface area contributed by atoms with Crippen molar-refractivity contribution in [3.8, 4) is 0 Å². The summed E-state index contributed by atoms with van der Waals surface area (Å²) in [7, 11) is 0. The van der Waals surface area contributed by atoms with Crippen LogP contribution in [0.15, 0.2) is 18.2 Å². The zero-order valence-electron chi connectivity index (χ0n) is 12.6. The number of nitrogens with two attached hydrogens (primary N) is 1. The van der Waals surface area contributed by atoms with Gasteiger partial charge in [0.25, 0.3) is 5.91 Å². The number of amides is 1. The Bertz CT molecular complexity index is 452. The summed E-state index contributed by atoms with van der Waals surface area (Å²) in [6.45, 7) is 9.99. The molecule has 0 aromatic heterocycles. The van der Waals surface area contributed by atoms with Gasteiger partial charge in [-0.3, -0.25) is 9.69 Å². The number of nitrogen functional groups attached to an aromatic ring is 1. The molecule has 0 saturated heterocycles. The molecule has 0 bridgehead atoms. The molecular formula is C15H24ClN3O. The second kappa shape index (κ2) is 7.50. The number of hydrogen-bond acceptors (Lipinski definition) is 3. The van der Waals surface area contributed by atoms with Crippen molar-refractivity contribution < 1.29 is 4.79 Å². The van der Waals surface area contributed by atoms with Crippen LogP contribution < -0.4 is 11.1 Å². The molecule has 0 radical (unpaired) electrons. The van der Waals surface area contributed by atoms with E-state index in [1.165, 1.54) is 0 Å². The Labute approximate surface area is 126 Å². The van der Waals surface area contributed by atoms with Crippen molar-refractivity contribution in [2.45, 2.75) is 39.8 Å². The summed E-state index contributed by atoms with van der Waals surface area (Å²) in [6.07, 6.45) is 0. The third-order valence-corrected chi connectivity index (χ3v) is 3.68. The molecule has 0 fully saturated rings. The predicted octanol–water partition coefficient (Wildman–Crippen LogP) is 2.77. The number of benzene rings is 1. The first kappa shape index (κ1) is 16.8. The molecule has 1 rings (SSSR count). The lowest BCUT2D eigenvalue weighted by atomic mass is 10.2. The second-order valence-electron chi connectivity index (χ2n) is 5.39. The Morgan fingerprint density at radius 1 is 1.30 bits per heavy atom. The van der Waals surface area contributed by atoms with Crippen molar-refractivity contribution in [3.05, 3.63) is 28.8 Å². The van der Waals surface area contributed by atoms with Crippen LogP contribution in [0.5, 0.6) is 0 Å². The van der Waals surface area contributed by atoms with Gasteiger partial charge < -0.3 is 11.1 Å². The fraction of sp³-hybridized carbons (Fsp3) is 0.533. The summed E-state index contributed by atoms with van der Waals surface area (Å²) >= 11 is 6.03. The fourth-order valence-electron chi connectivity index (χ4n) is 2.23. The van der Waals surface area contributed by atoms with E-state index in [0.717, 1.165) is 6.54 Å². The summed E-state index contributed by atoms with van der Waals surface area (Å²) in [4.78, 5) is 14.4. The molecular weight excluding hydrogens is 274 g/mol. The lowest BCUT2D eigenvalue weighted by Crippen LogP contribution is -2.42. The Hall–Kier alpha value is -1.26. The lowest BCUT2D eigenvalue weighted by Gasteiger charge is -2.30. The van der Waals surface area contributed by atoms with E-state index in [1.54, 1.807) is 18.2 Å². The van der Waals surface area contributed by atoms with Crippen molar-refractivity contribution in [3.63, 3.8) is 0 Å². The number of nitrogens with one attached hydrogen (secondary N) is 1. The van der Waals surface area contributed by atoms with Crippen LogP contribution in [0.25, 0.3) is 0 Å². The molecule has 20 heavy (non-hydrogen) atoms. The highest BCUT2D eigenvalue weighted by molar-refractivity contribution is 6.36. The fourth-order valence-corrected chi connectivity index (χ4v) is 2.44. The van der Waals surface area contributed by atoms with E-state index in [1.807, 2.05) is 0 Å². The maximum absolute atomic E-state index is 12.1. The van der Waals surface area contributed by atoms with Crippen LogP contribution >= 0.6 is 11.6 Å². The summed E-state index contributed by atoms with van der Waals surface area (Å²) < 4.78 is 0. The molecule has 4 nitrogen and oxygen atoms in total. The molecule has 0 spiro atoms. The molecule has 112 valence electrons. The molecule has 1 aromatic carbocycles. The van der Waals surface area contributed by atoms with Crippen LogP contribution in [0.3, 0.4) is 0 Å². The van der Waals surface area contributed by atoms with E-state index in [4.69, 9.17) is 17.3 Å². The normalized spacial score (nSPS) is 11.4. The monoisotopic (exact) mass is 297 g/mol. The van der Waals surface area contributed by atoms with Gasteiger partial charge in [0.05, 0.1) is 16.3 Å². The molecule has 0 saturated carbocycles. The molecule has 1 amide bonds. The molecule has 0 aliphatic carbocycles. The molecule has 0 aliphatic heterocycles. The Balaban J connectivity index is 2.58. The van der Waals surface area contributed by atoms with Crippen LogP contribution in [-0.4, -0.2) is 36.0 Å². The van der Waals surface area contributed by atoms with E-state index < -0.39 is 0 Å². The number of carbonyl (C=O) groups is 1. The zero-order chi connectivity index (χ0) is 15.3. The number of halogens is 1. The minimum Gasteiger partial charge on any atom is -0.398 e. The standard InChI is InChI=1S/C15H24ClN3O/c1-10(2)19(11(3)4)9-8-18-15(20)12-6-5-7-13(17)14(12)16/h5-7,10-11H,8-9,17H2,1-4H3,(H,18,20). The molecule has 5 heteroatoms. The smallest absolute Gasteiger partial charge is 0.252 e. The highest BCUT2D eigenvalue weighted by Crippen LogP contribution is 2.22.